The molecule has 0 aliphatic carbocycles. The second-order valence-corrected chi connectivity index (χ2v) is 6.23. The Bertz CT molecular complexity index is 203. The van der Waals surface area contributed by atoms with E-state index in [9.17, 15) is 0 Å². The number of rotatable bonds is 11. The molecule has 2 atom stereocenters. The minimum atomic E-state index is 0.758. The predicted molar refractivity (Wildman–Crippen MR) is 82.1 cm³/mol. The fraction of sp³-hybridized carbons (Fsp3) is 1.00. The summed E-state index contributed by atoms with van der Waals surface area (Å²) in [7, 11) is 0. The summed E-state index contributed by atoms with van der Waals surface area (Å²) in [5.41, 5.74) is 0. The highest BCUT2D eigenvalue weighted by Gasteiger charge is 2.14. The maximum absolute atomic E-state index is 5.62. The zero-order valence-electron chi connectivity index (χ0n) is 12.9. The van der Waals surface area contributed by atoms with Crippen molar-refractivity contribution in [2.75, 3.05) is 52.6 Å². The van der Waals surface area contributed by atoms with E-state index in [2.05, 4.69) is 10.6 Å². The Balaban J connectivity index is 1.26. The molecule has 2 aliphatic rings. The summed E-state index contributed by atoms with van der Waals surface area (Å²) in [5, 5.41) is 6.82. The first kappa shape index (κ1) is 16.2. The van der Waals surface area contributed by atoms with Crippen LogP contribution in [-0.4, -0.2) is 52.6 Å². The number of hydrogen-bond acceptors (Lipinski definition) is 4. The van der Waals surface area contributed by atoms with Crippen LogP contribution in [0.2, 0.25) is 0 Å². The van der Waals surface area contributed by atoms with E-state index >= 15 is 0 Å². The van der Waals surface area contributed by atoms with Gasteiger partial charge in [-0.05, 0) is 76.5 Å². The highest BCUT2D eigenvalue weighted by molar-refractivity contribution is 4.71. The molecule has 0 aromatic carbocycles. The second-order valence-electron chi connectivity index (χ2n) is 6.23. The van der Waals surface area contributed by atoms with Crippen LogP contribution in [0.5, 0.6) is 0 Å². The topological polar surface area (TPSA) is 42.5 Å². The van der Waals surface area contributed by atoms with E-state index in [1.807, 2.05) is 0 Å². The average Bonchev–Trinajstić information content (AvgIpc) is 3.14. The molecule has 0 aromatic heterocycles. The van der Waals surface area contributed by atoms with Crippen LogP contribution >= 0.6 is 0 Å². The molecule has 4 heteroatoms. The molecule has 0 radical (unpaired) electrons. The van der Waals surface area contributed by atoms with Crippen molar-refractivity contribution in [3.63, 3.8) is 0 Å². The molecule has 4 nitrogen and oxygen atoms in total. The summed E-state index contributed by atoms with van der Waals surface area (Å²) in [6.45, 7) is 8.13. The Kier molecular flexibility index (Phi) is 8.55. The molecular formula is C16H32N2O2. The van der Waals surface area contributed by atoms with Crippen LogP contribution in [0.1, 0.15) is 38.5 Å². The minimum Gasteiger partial charge on any atom is -0.379 e. The molecule has 0 saturated carbocycles. The van der Waals surface area contributed by atoms with Crippen LogP contribution in [0, 0.1) is 11.8 Å². The van der Waals surface area contributed by atoms with Gasteiger partial charge in [-0.15, -0.1) is 0 Å². The lowest BCUT2D eigenvalue weighted by Crippen LogP contribution is -2.11. The first-order valence-electron chi connectivity index (χ1n) is 8.52. The summed E-state index contributed by atoms with van der Waals surface area (Å²) >= 11 is 0. The van der Waals surface area contributed by atoms with Crippen LogP contribution in [0.4, 0.5) is 0 Å². The Labute approximate surface area is 124 Å². The lowest BCUT2D eigenvalue weighted by molar-refractivity contribution is 0.0434. The van der Waals surface area contributed by atoms with E-state index in [-0.39, 0.29) is 0 Å². The van der Waals surface area contributed by atoms with Crippen LogP contribution in [-0.2, 0) is 9.47 Å². The summed E-state index contributed by atoms with van der Waals surface area (Å²) in [6.07, 6.45) is 7.70. The third kappa shape index (κ3) is 7.02. The number of hydrogen-bond donors (Lipinski definition) is 2. The molecule has 2 heterocycles. The van der Waals surface area contributed by atoms with Gasteiger partial charge in [0, 0.05) is 13.2 Å². The first-order chi connectivity index (χ1) is 9.95. The van der Waals surface area contributed by atoms with Crippen molar-refractivity contribution in [1.29, 1.82) is 0 Å². The zero-order chi connectivity index (χ0) is 13.9. The molecule has 0 amide bonds. The van der Waals surface area contributed by atoms with Crippen molar-refractivity contribution >= 4 is 0 Å². The predicted octanol–water partition coefficient (Wildman–Crippen LogP) is 1.80. The maximum atomic E-state index is 5.62. The molecule has 0 bridgehead atoms. The monoisotopic (exact) mass is 284 g/mol. The van der Waals surface area contributed by atoms with Gasteiger partial charge in [0.25, 0.3) is 0 Å². The Morgan fingerprint density at radius 3 is 1.60 bits per heavy atom. The van der Waals surface area contributed by atoms with E-state index in [0.717, 1.165) is 38.3 Å². The van der Waals surface area contributed by atoms with Crippen molar-refractivity contribution < 1.29 is 9.47 Å². The summed E-state index contributed by atoms with van der Waals surface area (Å²) in [4.78, 5) is 0. The highest BCUT2D eigenvalue weighted by Crippen LogP contribution is 2.14. The van der Waals surface area contributed by atoms with Crippen molar-refractivity contribution in [2.24, 2.45) is 11.8 Å². The largest absolute Gasteiger partial charge is 0.379 e. The van der Waals surface area contributed by atoms with Gasteiger partial charge in [-0.1, -0.05) is 0 Å². The fourth-order valence-electron chi connectivity index (χ4n) is 3.19. The normalized spacial score (nSPS) is 26.4. The third-order valence-electron chi connectivity index (χ3n) is 4.50. The SMILES string of the molecule is C(COCCOCCCC1CCNC1)CC1CCNC1. The minimum absolute atomic E-state index is 0.758. The second kappa shape index (κ2) is 10.6. The van der Waals surface area contributed by atoms with Gasteiger partial charge < -0.3 is 20.1 Å². The van der Waals surface area contributed by atoms with Gasteiger partial charge in [0.2, 0.25) is 0 Å². The van der Waals surface area contributed by atoms with Crippen LogP contribution in [0.15, 0.2) is 0 Å². The molecular weight excluding hydrogens is 252 g/mol. The van der Waals surface area contributed by atoms with Gasteiger partial charge in [-0.2, -0.15) is 0 Å². The summed E-state index contributed by atoms with van der Waals surface area (Å²) < 4.78 is 11.2. The van der Waals surface area contributed by atoms with Gasteiger partial charge in [0.15, 0.2) is 0 Å². The van der Waals surface area contributed by atoms with Gasteiger partial charge in [-0.3, -0.25) is 0 Å². The Morgan fingerprint density at radius 2 is 1.20 bits per heavy atom. The van der Waals surface area contributed by atoms with Gasteiger partial charge >= 0.3 is 0 Å². The number of ether oxygens (including phenoxy) is 2. The van der Waals surface area contributed by atoms with E-state index in [1.54, 1.807) is 0 Å². The van der Waals surface area contributed by atoms with Crippen LogP contribution < -0.4 is 10.6 Å². The van der Waals surface area contributed by atoms with Crippen molar-refractivity contribution in [1.82, 2.24) is 10.6 Å². The lowest BCUT2D eigenvalue weighted by atomic mass is 10.0. The molecule has 2 aliphatic heterocycles. The molecule has 0 spiro atoms. The fourth-order valence-corrected chi connectivity index (χ4v) is 3.19. The van der Waals surface area contributed by atoms with Crippen LogP contribution in [0.3, 0.4) is 0 Å². The van der Waals surface area contributed by atoms with Crippen molar-refractivity contribution in [3.05, 3.63) is 0 Å². The van der Waals surface area contributed by atoms with Crippen LogP contribution in [0.25, 0.3) is 0 Å². The lowest BCUT2D eigenvalue weighted by Gasteiger charge is -2.10. The van der Waals surface area contributed by atoms with E-state index in [1.165, 1.54) is 64.7 Å². The first-order valence-corrected chi connectivity index (χ1v) is 8.52. The molecule has 2 N–H and O–H groups in total. The third-order valence-corrected chi connectivity index (χ3v) is 4.50. The standard InChI is InChI=1S/C16H32N2O2/c1(3-15-5-7-17-13-15)9-19-11-12-20-10-2-4-16-6-8-18-14-16/h15-18H,1-14H2. The molecule has 0 aromatic rings. The summed E-state index contributed by atoms with van der Waals surface area (Å²) in [6, 6.07) is 0. The quantitative estimate of drug-likeness (QED) is 0.568. The molecule has 2 fully saturated rings. The molecule has 118 valence electrons. The summed E-state index contributed by atoms with van der Waals surface area (Å²) in [5.74, 6) is 1.78. The van der Waals surface area contributed by atoms with E-state index in [4.69, 9.17) is 9.47 Å². The molecule has 2 rings (SSSR count). The molecule has 20 heavy (non-hydrogen) atoms. The van der Waals surface area contributed by atoms with E-state index < -0.39 is 0 Å². The maximum Gasteiger partial charge on any atom is 0.0700 e. The highest BCUT2D eigenvalue weighted by atomic mass is 16.5. The van der Waals surface area contributed by atoms with Gasteiger partial charge in [0.1, 0.15) is 0 Å². The van der Waals surface area contributed by atoms with E-state index in [0.29, 0.717) is 0 Å². The zero-order valence-corrected chi connectivity index (χ0v) is 12.9. The molecule has 2 unspecified atom stereocenters. The Morgan fingerprint density at radius 1 is 0.700 bits per heavy atom. The van der Waals surface area contributed by atoms with Crippen molar-refractivity contribution in [2.45, 2.75) is 38.5 Å². The molecule has 2 saturated heterocycles. The number of nitrogens with one attached hydrogen (secondary N) is 2. The smallest absolute Gasteiger partial charge is 0.0700 e. The van der Waals surface area contributed by atoms with Crippen molar-refractivity contribution in [3.8, 4) is 0 Å². The average molecular weight is 284 g/mol. The van der Waals surface area contributed by atoms with Gasteiger partial charge in [0.05, 0.1) is 13.2 Å². The Hall–Kier alpha value is -0.160. The van der Waals surface area contributed by atoms with Gasteiger partial charge in [-0.25, -0.2) is 0 Å².